The van der Waals surface area contributed by atoms with Gasteiger partial charge in [0.2, 0.25) is 0 Å². The van der Waals surface area contributed by atoms with Crippen LogP contribution in [0.1, 0.15) is 15.9 Å². The van der Waals surface area contributed by atoms with Crippen molar-refractivity contribution in [2.24, 2.45) is 5.29 Å². The van der Waals surface area contributed by atoms with Gasteiger partial charge in [0, 0.05) is 5.56 Å². The molecule has 0 saturated carbocycles. The zero-order valence-corrected chi connectivity index (χ0v) is 10.9. The van der Waals surface area contributed by atoms with E-state index in [2.05, 4.69) is 10.6 Å². The second-order valence-corrected chi connectivity index (χ2v) is 4.26. The summed E-state index contributed by atoms with van der Waals surface area (Å²) < 4.78 is 0. The first-order chi connectivity index (χ1) is 9.79. The van der Waals surface area contributed by atoms with E-state index in [4.69, 9.17) is 0 Å². The van der Waals surface area contributed by atoms with Crippen LogP contribution < -0.4 is 5.32 Å². The quantitative estimate of drug-likeness (QED) is 0.498. The molecule has 2 rings (SSSR count). The fourth-order valence-corrected chi connectivity index (χ4v) is 1.76. The standard InChI is InChI=1S/C15H15N3O2/c19-15(14-9-5-2-6-10-14)16-12-18(17-20)11-13-7-3-1-4-8-13/h1-10H,11-12H2,(H,16,19). The minimum Gasteiger partial charge on any atom is -0.333 e. The summed E-state index contributed by atoms with van der Waals surface area (Å²) in [4.78, 5) is 22.6. The molecular formula is C15H15N3O2. The van der Waals surface area contributed by atoms with Gasteiger partial charge in [-0.05, 0) is 17.7 Å². The van der Waals surface area contributed by atoms with E-state index in [1.165, 1.54) is 5.01 Å². The zero-order valence-electron chi connectivity index (χ0n) is 10.9. The highest BCUT2D eigenvalue weighted by molar-refractivity contribution is 5.94. The highest BCUT2D eigenvalue weighted by Crippen LogP contribution is 2.04. The molecule has 20 heavy (non-hydrogen) atoms. The number of hydrogen-bond acceptors (Lipinski definition) is 3. The minimum absolute atomic E-state index is 0.0755. The van der Waals surface area contributed by atoms with Crippen molar-refractivity contribution in [3.8, 4) is 0 Å². The van der Waals surface area contributed by atoms with E-state index < -0.39 is 0 Å². The third kappa shape index (κ3) is 3.91. The smallest absolute Gasteiger partial charge is 0.252 e. The number of carbonyl (C=O) groups excluding carboxylic acids is 1. The summed E-state index contributed by atoms with van der Waals surface area (Å²) in [6.45, 7) is 0.436. The summed E-state index contributed by atoms with van der Waals surface area (Å²) in [5.41, 5.74) is 1.51. The number of hydrogen-bond donors (Lipinski definition) is 1. The SMILES string of the molecule is O=NN(CNC(=O)c1ccccc1)Cc1ccccc1. The monoisotopic (exact) mass is 269 g/mol. The molecule has 0 aliphatic rings. The van der Waals surface area contributed by atoms with E-state index in [1.54, 1.807) is 24.3 Å². The van der Waals surface area contributed by atoms with Crippen molar-refractivity contribution in [2.75, 3.05) is 6.67 Å². The summed E-state index contributed by atoms with van der Waals surface area (Å²) in [7, 11) is 0. The maximum atomic E-state index is 11.8. The van der Waals surface area contributed by atoms with Crippen LogP contribution in [0.15, 0.2) is 65.9 Å². The van der Waals surface area contributed by atoms with Crippen LogP contribution in [-0.2, 0) is 6.54 Å². The molecule has 2 aromatic rings. The molecule has 0 bridgehead atoms. The Morgan fingerprint density at radius 1 is 1.00 bits per heavy atom. The predicted octanol–water partition coefficient (Wildman–Crippen LogP) is 2.56. The molecule has 0 unspecified atom stereocenters. The summed E-state index contributed by atoms with van der Waals surface area (Å²) in [5, 5.41) is 6.84. The third-order valence-electron chi connectivity index (χ3n) is 2.78. The van der Waals surface area contributed by atoms with E-state index in [-0.39, 0.29) is 12.6 Å². The third-order valence-corrected chi connectivity index (χ3v) is 2.78. The number of nitrogens with one attached hydrogen (secondary N) is 1. The largest absolute Gasteiger partial charge is 0.333 e. The summed E-state index contributed by atoms with van der Waals surface area (Å²) in [6.07, 6.45) is 0. The molecule has 0 aliphatic heterocycles. The van der Waals surface area contributed by atoms with Gasteiger partial charge in [0.05, 0.1) is 11.8 Å². The van der Waals surface area contributed by atoms with Crippen molar-refractivity contribution in [3.05, 3.63) is 76.7 Å². The van der Waals surface area contributed by atoms with E-state index in [0.717, 1.165) is 5.56 Å². The second-order valence-electron chi connectivity index (χ2n) is 4.26. The Hall–Kier alpha value is -2.69. The lowest BCUT2D eigenvalue weighted by molar-refractivity contribution is 0.0920. The van der Waals surface area contributed by atoms with Crippen molar-refractivity contribution >= 4 is 5.91 Å². The Bertz CT molecular complexity index is 558. The van der Waals surface area contributed by atoms with Gasteiger partial charge < -0.3 is 5.32 Å². The first-order valence-electron chi connectivity index (χ1n) is 6.25. The molecule has 0 fully saturated rings. The molecular weight excluding hydrogens is 254 g/mol. The number of rotatable bonds is 6. The number of nitroso groups, excluding NO2 is 1. The Morgan fingerprint density at radius 2 is 1.60 bits per heavy atom. The Balaban J connectivity index is 1.88. The molecule has 102 valence electrons. The lowest BCUT2D eigenvalue weighted by Crippen LogP contribution is -2.34. The molecule has 0 heterocycles. The molecule has 0 saturated heterocycles. The maximum Gasteiger partial charge on any atom is 0.252 e. The van der Waals surface area contributed by atoms with Crippen LogP contribution in [0.3, 0.4) is 0 Å². The van der Waals surface area contributed by atoms with Gasteiger partial charge in [-0.3, -0.25) is 4.79 Å². The Labute approximate surface area is 117 Å². The van der Waals surface area contributed by atoms with Crippen LogP contribution in [0.4, 0.5) is 0 Å². The van der Waals surface area contributed by atoms with Gasteiger partial charge >= 0.3 is 0 Å². The van der Waals surface area contributed by atoms with Gasteiger partial charge in [-0.15, -0.1) is 4.91 Å². The average molecular weight is 269 g/mol. The molecule has 5 nitrogen and oxygen atoms in total. The molecule has 0 atom stereocenters. The van der Waals surface area contributed by atoms with Crippen LogP contribution in [-0.4, -0.2) is 17.6 Å². The molecule has 1 amide bonds. The maximum absolute atomic E-state index is 11.8. The molecule has 2 aromatic carbocycles. The topological polar surface area (TPSA) is 61.8 Å². The van der Waals surface area contributed by atoms with Crippen molar-refractivity contribution in [2.45, 2.75) is 6.54 Å². The number of benzene rings is 2. The van der Waals surface area contributed by atoms with E-state index in [9.17, 15) is 9.70 Å². The van der Waals surface area contributed by atoms with Crippen LogP contribution in [0.2, 0.25) is 0 Å². The molecule has 5 heteroatoms. The Morgan fingerprint density at radius 3 is 2.20 bits per heavy atom. The van der Waals surface area contributed by atoms with Crippen molar-refractivity contribution < 1.29 is 4.79 Å². The number of amides is 1. The Kier molecular flexibility index (Phi) is 4.83. The van der Waals surface area contributed by atoms with E-state index in [1.807, 2.05) is 36.4 Å². The molecule has 1 N–H and O–H groups in total. The van der Waals surface area contributed by atoms with Gasteiger partial charge in [-0.1, -0.05) is 48.5 Å². The molecule has 0 radical (unpaired) electrons. The van der Waals surface area contributed by atoms with Crippen LogP contribution in [0.25, 0.3) is 0 Å². The lowest BCUT2D eigenvalue weighted by Gasteiger charge is -2.16. The highest BCUT2D eigenvalue weighted by Gasteiger charge is 2.08. The van der Waals surface area contributed by atoms with Crippen molar-refractivity contribution in [1.82, 2.24) is 10.3 Å². The molecule has 0 spiro atoms. The van der Waals surface area contributed by atoms with E-state index >= 15 is 0 Å². The minimum atomic E-state index is -0.229. The highest BCUT2D eigenvalue weighted by atomic mass is 16.3. The lowest BCUT2D eigenvalue weighted by atomic mass is 10.2. The molecule has 0 aromatic heterocycles. The first kappa shape index (κ1) is 13.7. The first-order valence-corrected chi connectivity index (χ1v) is 6.25. The van der Waals surface area contributed by atoms with Gasteiger partial charge in [0.1, 0.15) is 6.67 Å². The molecule has 0 aliphatic carbocycles. The van der Waals surface area contributed by atoms with Crippen molar-refractivity contribution in [3.63, 3.8) is 0 Å². The number of carbonyl (C=O) groups is 1. The average Bonchev–Trinajstić information content (AvgIpc) is 2.53. The zero-order chi connectivity index (χ0) is 14.2. The van der Waals surface area contributed by atoms with Gasteiger partial charge in [-0.25, -0.2) is 5.01 Å². The summed E-state index contributed by atoms with van der Waals surface area (Å²) in [6, 6.07) is 18.3. The fourth-order valence-electron chi connectivity index (χ4n) is 1.76. The van der Waals surface area contributed by atoms with Gasteiger partial charge in [0.15, 0.2) is 0 Å². The second kappa shape index (κ2) is 7.04. The van der Waals surface area contributed by atoms with Crippen molar-refractivity contribution in [1.29, 1.82) is 0 Å². The predicted molar refractivity (Wildman–Crippen MR) is 76.6 cm³/mol. The van der Waals surface area contributed by atoms with Crippen LogP contribution in [0.5, 0.6) is 0 Å². The normalized spacial score (nSPS) is 9.80. The van der Waals surface area contributed by atoms with E-state index in [0.29, 0.717) is 12.1 Å². The van der Waals surface area contributed by atoms with Crippen LogP contribution in [0, 0.1) is 4.91 Å². The summed E-state index contributed by atoms with van der Waals surface area (Å²) >= 11 is 0. The fraction of sp³-hybridized carbons (Fsp3) is 0.133. The summed E-state index contributed by atoms with van der Waals surface area (Å²) in [5.74, 6) is -0.229. The number of nitrogens with zero attached hydrogens (tertiary/aromatic N) is 2. The van der Waals surface area contributed by atoms with Gasteiger partial charge in [0.25, 0.3) is 5.91 Å². The van der Waals surface area contributed by atoms with Crippen LogP contribution >= 0.6 is 0 Å². The van der Waals surface area contributed by atoms with Gasteiger partial charge in [-0.2, -0.15) is 0 Å².